The van der Waals surface area contributed by atoms with Gasteiger partial charge in [-0.25, -0.2) is 0 Å². The van der Waals surface area contributed by atoms with Crippen LogP contribution in [0.25, 0.3) is 11.1 Å². The summed E-state index contributed by atoms with van der Waals surface area (Å²) in [6.07, 6.45) is 0.504. The maximum atomic E-state index is 12.1. The Balaban J connectivity index is 2.04. The maximum Gasteiger partial charge on any atom is 0.222 e. The van der Waals surface area contributed by atoms with E-state index in [1.54, 1.807) is 7.11 Å². The minimum Gasteiger partial charge on any atom is -0.493 e. The average molecular weight is 325 g/mol. The zero-order valence-electron chi connectivity index (χ0n) is 14.5. The van der Waals surface area contributed by atoms with Gasteiger partial charge >= 0.3 is 0 Å². The standard InChI is InChI=1S/C20H23NO3/c1-4-19(22)21-9-10-24-20-17(13-21)11-16(12-18(20)23-3)15-7-5-14(2)6-8-15/h5-8,11-12H,4,9-10,13H2,1-3H3. The van der Waals surface area contributed by atoms with Crippen LogP contribution in [0.5, 0.6) is 11.5 Å². The molecule has 1 heterocycles. The van der Waals surface area contributed by atoms with Crippen LogP contribution in [0.2, 0.25) is 0 Å². The third-order valence-corrected chi connectivity index (χ3v) is 4.36. The molecule has 2 aromatic carbocycles. The van der Waals surface area contributed by atoms with Gasteiger partial charge < -0.3 is 14.4 Å². The number of aryl methyl sites for hydroxylation is 1. The summed E-state index contributed by atoms with van der Waals surface area (Å²) >= 11 is 0. The Morgan fingerprint density at radius 3 is 2.62 bits per heavy atom. The van der Waals surface area contributed by atoms with Crippen LogP contribution in [0.4, 0.5) is 0 Å². The highest BCUT2D eigenvalue weighted by molar-refractivity contribution is 5.76. The predicted molar refractivity (Wildman–Crippen MR) is 94.4 cm³/mol. The molecule has 4 heteroatoms. The van der Waals surface area contributed by atoms with Crippen LogP contribution in [0.1, 0.15) is 24.5 Å². The van der Waals surface area contributed by atoms with Crippen molar-refractivity contribution in [3.63, 3.8) is 0 Å². The monoisotopic (exact) mass is 325 g/mol. The summed E-state index contributed by atoms with van der Waals surface area (Å²) in [5, 5.41) is 0. The van der Waals surface area contributed by atoms with Gasteiger partial charge in [0.15, 0.2) is 11.5 Å². The van der Waals surface area contributed by atoms with Gasteiger partial charge in [0.25, 0.3) is 0 Å². The van der Waals surface area contributed by atoms with Crippen molar-refractivity contribution < 1.29 is 14.3 Å². The summed E-state index contributed by atoms with van der Waals surface area (Å²) in [5.74, 6) is 1.61. The fourth-order valence-corrected chi connectivity index (χ4v) is 2.98. The molecule has 0 atom stereocenters. The molecule has 0 bridgehead atoms. The fourth-order valence-electron chi connectivity index (χ4n) is 2.98. The zero-order valence-corrected chi connectivity index (χ0v) is 14.5. The molecular formula is C20H23NO3. The van der Waals surface area contributed by atoms with E-state index in [1.807, 2.05) is 17.9 Å². The summed E-state index contributed by atoms with van der Waals surface area (Å²) in [6, 6.07) is 12.5. The maximum absolute atomic E-state index is 12.1. The van der Waals surface area contributed by atoms with Crippen molar-refractivity contribution in [3.8, 4) is 22.6 Å². The third-order valence-electron chi connectivity index (χ3n) is 4.36. The van der Waals surface area contributed by atoms with Crippen molar-refractivity contribution in [2.24, 2.45) is 0 Å². The summed E-state index contributed by atoms with van der Waals surface area (Å²) in [5.41, 5.74) is 4.41. The van der Waals surface area contributed by atoms with E-state index in [9.17, 15) is 4.79 Å². The first-order chi connectivity index (χ1) is 11.6. The molecule has 0 spiro atoms. The molecule has 1 amide bonds. The van der Waals surface area contributed by atoms with Gasteiger partial charge in [0.2, 0.25) is 5.91 Å². The van der Waals surface area contributed by atoms with Crippen LogP contribution in [-0.4, -0.2) is 31.1 Å². The summed E-state index contributed by atoms with van der Waals surface area (Å²) < 4.78 is 11.4. The highest BCUT2D eigenvalue weighted by Crippen LogP contribution is 2.38. The summed E-state index contributed by atoms with van der Waals surface area (Å²) in [6.45, 7) is 5.60. The van der Waals surface area contributed by atoms with Gasteiger partial charge in [-0.05, 0) is 30.2 Å². The number of carbonyl (C=O) groups is 1. The van der Waals surface area contributed by atoms with Crippen molar-refractivity contribution in [3.05, 3.63) is 47.5 Å². The number of hydrogen-bond donors (Lipinski definition) is 0. The van der Waals surface area contributed by atoms with E-state index in [4.69, 9.17) is 9.47 Å². The van der Waals surface area contributed by atoms with Gasteiger partial charge in [0.05, 0.1) is 13.7 Å². The smallest absolute Gasteiger partial charge is 0.222 e. The van der Waals surface area contributed by atoms with E-state index in [0.29, 0.717) is 31.9 Å². The molecule has 0 fully saturated rings. The lowest BCUT2D eigenvalue weighted by atomic mass is 10.0. The Morgan fingerprint density at radius 2 is 1.96 bits per heavy atom. The Morgan fingerprint density at radius 1 is 1.21 bits per heavy atom. The first-order valence-electron chi connectivity index (χ1n) is 8.31. The van der Waals surface area contributed by atoms with E-state index in [0.717, 1.165) is 22.4 Å². The normalized spacial score (nSPS) is 13.7. The first-order valence-corrected chi connectivity index (χ1v) is 8.31. The second-order valence-electron chi connectivity index (χ2n) is 6.05. The average Bonchev–Trinajstić information content (AvgIpc) is 2.83. The second-order valence-corrected chi connectivity index (χ2v) is 6.05. The van der Waals surface area contributed by atoms with Crippen molar-refractivity contribution >= 4 is 5.91 Å². The molecular weight excluding hydrogens is 302 g/mol. The zero-order chi connectivity index (χ0) is 17.1. The number of methoxy groups -OCH3 is 1. The number of hydrogen-bond acceptors (Lipinski definition) is 3. The summed E-state index contributed by atoms with van der Waals surface area (Å²) in [7, 11) is 1.65. The molecule has 2 aromatic rings. The SMILES string of the molecule is CCC(=O)N1CCOc2c(cc(-c3ccc(C)cc3)cc2OC)C1. The Labute approximate surface area is 143 Å². The van der Waals surface area contributed by atoms with E-state index >= 15 is 0 Å². The van der Waals surface area contributed by atoms with E-state index in [1.165, 1.54) is 5.56 Å². The minimum atomic E-state index is 0.145. The number of carbonyl (C=O) groups excluding carboxylic acids is 1. The van der Waals surface area contributed by atoms with Crippen LogP contribution < -0.4 is 9.47 Å². The third kappa shape index (κ3) is 3.23. The lowest BCUT2D eigenvalue weighted by Gasteiger charge is -2.19. The van der Waals surface area contributed by atoms with Crippen LogP contribution in [-0.2, 0) is 11.3 Å². The molecule has 24 heavy (non-hydrogen) atoms. The van der Waals surface area contributed by atoms with E-state index < -0.39 is 0 Å². The molecule has 4 nitrogen and oxygen atoms in total. The number of benzene rings is 2. The molecule has 0 aliphatic carbocycles. The van der Waals surface area contributed by atoms with Gasteiger partial charge in [-0.2, -0.15) is 0 Å². The molecule has 0 radical (unpaired) electrons. The molecule has 0 N–H and O–H groups in total. The second kappa shape index (κ2) is 6.95. The van der Waals surface area contributed by atoms with Crippen molar-refractivity contribution in [1.82, 2.24) is 4.90 Å². The van der Waals surface area contributed by atoms with E-state index in [2.05, 4.69) is 37.3 Å². The lowest BCUT2D eigenvalue weighted by molar-refractivity contribution is -0.131. The number of rotatable bonds is 3. The van der Waals surface area contributed by atoms with Gasteiger partial charge in [-0.1, -0.05) is 36.8 Å². The molecule has 1 aliphatic heterocycles. The molecule has 0 saturated carbocycles. The molecule has 0 aromatic heterocycles. The van der Waals surface area contributed by atoms with Crippen LogP contribution >= 0.6 is 0 Å². The van der Waals surface area contributed by atoms with Gasteiger partial charge in [0.1, 0.15) is 6.61 Å². The quantitative estimate of drug-likeness (QED) is 0.861. The number of amides is 1. The fraction of sp³-hybridized carbons (Fsp3) is 0.350. The first kappa shape index (κ1) is 16.4. The highest BCUT2D eigenvalue weighted by Gasteiger charge is 2.22. The highest BCUT2D eigenvalue weighted by atomic mass is 16.5. The van der Waals surface area contributed by atoms with E-state index in [-0.39, 0.29) is 5.91 Å². The minimum absolute atomic E-state index is 0.145. The summed E-state index contributed by atoms with van der Waals surface area (Å²) in [4.78, 5) is 14.0. The number of ether oxygens (including phenoxy) is 2. The Kier molecular flexibility index (Phi) is 4.74. The van der Waals surface area contributed by atoms with Crippen molar-refractivity contribution in [2.45, 2.75) is 26.8 Å². The molecule has 126 valence electrons. The number of fused-ring (bicyclic) bond motifs is 1. The molecule has 1 aliphatic rings. The Bertz CT molecular complexity index is 737. The lowest BCUT2D eigenvalue weighted by Crippen LogP contribution is -2.31. The van der Waals surface area contributed by atoms with Crippen LogP contribution in [0.15, 0.2) is 36.4 Å². The molecule has 3 rings (SSSR count). The van der Waals surface area contributed by atoms with Crippen LogP contribution in [0, 0.1) is 6.92 Å². The van der Waals surface area contributed by atoms with Gasteiger partial charge in [-0.3, -0.25) is 4.79 Å². The molecule has 0 unspecified atom stereocenters. The topological polar surface area (TPSA) is 38.8 Å². The largest absolute Gasteiger partial charge is 0.493 e. The van der Waals surface area contributed by atoms with Crippen LogP contribution in [0.3, 0.4) is 0 Å². The molecule has 0 saturated heterocycles. The predicted octanol–water partition coefficient (Wildman–Crippen LogP) is 3.80. The van der Waals surface area contributed by atoms with Crippen molar-refractivity contribution in [1.29, 1.82) is 0 Å². The van der Waals surface area contributed by atoms with Gasteiger partial charge in [-0.15, -0.1) is 0 Å². The number of nitrogens with zero attached hydrogens (tertiary/aromatic N) is 1. The Hall–Kier alpha value is -2.49. The van der Waals surface area contributed by atoms with Crippen molar-refractivity contribution in [2.75, 3.05) is 20.3 Å². The van der Waals surface area contributed by atoms with Gasteiger partial charge in [0, 0.05) is 18.5 Å².